The Bertz CT molecular complexity index is 594. The lowest BCUT2D eigenvalue weighted by Gasteiger charge is -2.05. The lowest BCUT2D eigenvalue weighted by molar-refractivity contribution is 0.103. The van der Waals surface area contributed by atoms with E-state index in [2.05, 4.69) is 15.9 Å². The van der Waals surface area contributed by atoms with Gasteiger partial charge in [0.15, 0.2) is 5.78 Å². The SMILES string of the molecule is Cc1sc(Br)cc1C(=O)c1cccc(N)c1Cl. The largest absolute Gasteiger partial charge is 0.398 e. The third-order valence-corrected chi connectivity index (χ3v) is 4.38. The molecule has 0 aliphatic heterocycles. The predicted molar refractivity (Wildman–Crippen MR) is 76.1 cm³/mol. The summed E-state index contributed by atoms with van der Waals surface area (Å²) in [5, 5.41) is 0.319. The van der Waals surface area contributed by atoms with Crippen molar-refractivity contribution in [3.63, 3.8) is 0 Å². The van der Waals surface area contributed by atoms with Gasteiger partial charge in [0.1, 0.15) is 0 Å². The fourth-order valence-corrected chi connectivity index (χ4v) is 3.44. The predicted octanol–water partition coefficient (Wildman–Crippen LogP) is 4.29. The van der Waals surface area contributed by atoms with E-state index in [9.17, 15) is 4.79 Å². The first-order valence-electron chi connectivity index (χ1n) is 4.85. The van der Waals surface area contributed by atoms with Crippen molar-refractivity contribution in [1.29, 1.82) is 0 Å². The molecule has 0 amide bonds. The Labute approximate surface area is 117 Å². The molecule has 0 radical (unpaired) electrons. The number of anilines is 1. The van der Waals surface area contributed by atoms with Crippen LogP contribution in [0.5, 0.6) is 0 Å². The number of hydrogen-bond donors (Lipinski definition) is 1. The summed E-state index contributed by atoms with van der Waals surface area (Å²) in [6.45, 7) is 1.91. The molecule has 0 saturated heterocycles. The summed E-state index contributed by atoms with van der Waals surface area (Å²) in [7, 11) is 0. The number of hydrogen-bond acceptors (Lipinski definition) is 3. The van der Waals surface area contributed by atoms with Crippen molar-refractivity contribution in [2.45, 2.75) is 6.92 Å². The number of thiophene rings is 1. The molecule has 0 bridgehead atoms. The zero-order valence-electron chi connectivity index (χ0n) is 8.96. The number of halogens is 2. The summed E-state index contributed by atoms with van der Waals surface area (Å²) in [4.78, 5) is 13.3. The fourth-order valence-electron chi connectivity index (χ4n) is 1.54. The molecule has 0 aliphatic carbocycles. The fraction of sp³-hybridized carbons (Fsp3) is 0.0833. The highest BCUT2D eigenvalue weighted by molar-refractivity contribution is 9.11. The average molecular weight is 331 g/mol. The summed E-state index contributed by atoms with van der Waals surface area (Å²) in [6, 6.07) is 6.90. The van der Waals surface area contributed by atoms with Crippen LogP contribution in [0.4, 0.5) is 5.69 Å². The third-order valence-electron chi connectivity index (χ3n) is 2.41. The van der Waals surface area contributed by atoms with Gasteiger partial charge in [-0.2, -0.15) is 0 Å². The zero-order chi connectivity index (χ0) is 12.6. The second kappa shape index (κ2) is 4.80. The van der Waals surface area contributed by atoms with Gasteiger partial charge in [-0.15, -0.1) is 11.3 Å². The maximum atomic E-state index is 12.3. The van der Waals surface area contributed by atoms with Crippen LogP contribution in [0.2, 0.25) is 5.02 Å². The van der Waals surface area contributed by atoms with Crippen molar-refractivity contribution in [3.8, 4) is 0 Å². The maximum absolute atomic E-state index is 12.3. The van der Waals surface area contributed by atoms with Gasteiger partial charge in [-0.1, -0.05) is 17.7 Å². The molecule has 1 aromatic carbocycles. The minimum absolute atomic E-state index is 0.0956. The molecule has 2 rings (SSSR count). The Balaban J connectivity index is 2.51. The molecule has 0 saturated carbocycles. The van der Waals surface area contributed by atoms with Crippen molar-refractivity contribution in [3.05, 3.63) is 49.1 Å². The molecule has 17 heavy (non-hydrogen) atoms. The van der Waals surface area contributed by atoms with Crippen LogP contribution in [0.1, 0.15) is 20.8 Å². The van der Waals surface area contributed by atoms with Gasteiger partial charge in [0.25, 0.3) is 0 Å². The lowest BCUT2D eigenvalue weighted by Crippen LogP contribution is -2.03. The highest BCUT2D eigenvalue weighted by Gasteiger charge is 2.18. The van der Waals surface area contributed by atoms with Crippen LogP contribution < -0.4 is 5.73 Å². The molecule has 2 aromatic rings. The lowest BCUT2D eigenvalue weighted by atomic mass is 10.0. The first kappa shape index (κ1) is 12.6. The zero-order valence-corrected chi connectivity index (χ0v) is 12.1. The van der Waals surface area contributed by atoms with Crippen molar-refractivity contribution >= 4 is 50.3 Å². The standard InChI is InChI=1S/C12H9BrClNOS/c1-6-8(5-10(13)17-6)12(16)7-3-2-4-9(15)11(7)14/h2-5H,15H2,1H3. The molecular weight excluding hydrogens is 322 g/mol. The summed E-state index contributed by atoms with van der Waals surface area (Å²) in [6.07, 6.45) is 0. The normalized spacial score (nSPS) is 10.5. The van der Waals surface area contributed by atoms with Gasteiger partial charge in [-0.3, -0.25) is 4.79 Å². The van der Waals surface area contributed by atoms with Gasteiger partial charge in [0.2, 0.25) is 0 Å². The molecule has 0 unspecified atom stereocenters. The molecule has 2 N–H and O–H groups in total. The number of benzene rings is 1. The molecule has 1 aromatic heterocycles. The highest BCUT2D eigenvalue weighted by atomic mass is 79.9. The Kier molecular flexibility index (Phi) is 3.56. The van der Waals surface area contributed by atoms with Crippen LogP contribution in [0.15, 0.2) is 28.1 Å². The van der Waals surface area contributed by atoms with E-state index in [-0.39, 0.29) is 5.78 Å². The molecular formula is C12H9BrClNOS. The Morgan fingerprint density at radius 1 is 1.41 bits per heavy atom. The number of carbonyl (C=O) groups excluding carboxylic acids is 1. The van der Waals surface area contributed by atoms with Crippen LogP contribution in [-0.2, 0) is 0 Å². The van der Waals surface area contributed by atoms with Gasteiger partial charge in [-0.05, 0) is 41.1 Å². The van der Waals surface area contributed by atoms with Crippen molar-refractivity contribution in [2.75, 3.05) is 5.73 Å². The number of aryl methyl sites for hydroxylation is 1. The Hall–Kier alpha value is -0.840. The average Bonchev–Trinajstić information content (AvgIpc) is 2.61. The van der Waals surface area contributed by atoms with Crippen molar-refractivity contribution < 1.29 is 4.79 Å². The number of ketones is 1. The summed E-state index contributed by atoms with van der Waals surface area (Å²) >= 11 is 10.9. The van der Waals surface area contributed by atoms with Gasteiger partial charge in [-0.25, -0.2) is 0 Å². The summed E-state index contributed by atoms with van der Waals surface area (Å²) in [5.74, 6) is -0.0956. The van der Waals surface area contributed by atoms with E-state index in [0.29, 0.717) is 21.8 Å². The number of nitrogens with two attached hydrogens (primary N) is 1. The molecule has 2 nitrogen and oxygen atoms in total. The molecule has 0 aliphatic rings. The molecule has 0 fully saturated rings. The molecule has 0 spiro atoms. The molecule has 0 atom stereocenters. The van der Waals surface area contributed by atoms with Crippen molar-refractivity contribution in [1.82, 2.24) is 0 Å². The van der Waals surface area contributed by atoms with E-state index in [1.165, 1.54) is 11.3 Å². The van der Waals surface area contributed by atoms with Gasteiger partial charge < -0.3 is 5.73 Å². The Morgan fingerprint density at radius 3 is 2.71 bits per heavy atom. The van der Waals surface area contributed by atoms with Crippen LogP contribution in [0, 0.1) is 6.92 Å². The van der Waals surface area contributed by atoms with Crippen molar-refractivity contribution in [2.24, 2.45) is 0 Å². The second-order valence-electron chi connectivity index (χ2n) is 3.56. The van der Waals surface area contributed by atoms with E-state index in [0.717, 1.165) is 8.66 Å². The summed E-state index contributed by atoms with van der Waals surface area (Å²) in [5.41, 5.74) is 7.22. The smallest absolute Gasteiger partial charge is 0.195 e. The number of carbonyl (C=O) groups is 1. The van der Waals surface area contributed by atoms with Gasteiger partial charge in [0, 0.05) is 16.0 Å². The highest BCUT2D eigenvalue weighted by Crippen LogP contribution is 2.31. The maximum Gasteiger partial charge on any atom is 0.195 e. The molecule has 1 heterocycles. The van der Waals surface area contributed by atoms with Crippen LogP contribution in [-0.4, -0.2) is 5.78 Å². The topological polar surface area (TPSA) is 43.1 Å². The number of nitrogen functional groups attached to an aromatic ring is 1. The van der Waals surface area contributed by atoms with E-state index in [1.54, 1.807) is 18.2 Å². The first-order valence-corrected chi connectivity index (χ1v) is 6.84. The summed E-state index contributed by atoms with van der Waals surface area (Å²) < 4.78 is 0.929. The van der Waals surface area contributed by atoms with E-state index >= 15 is 0 Å². The first-order chi connectivity index (χ1) is 8.00. The monoisotopic (exact) mass is 329 g/mol. The second-order valence-corrected chi connectivity index (χ2v) is 6.57. The van der Waals surface area contributed by atoms with E-state index in [1.807, 2.05) is 13.0 Å². The van der Waals surface area contributed by atoms with Crippen LogP contribution >= 0.6 is 38.9 Å². The minimum atomic E-state index is -0.0956. The third kappa shape index (κ3) is 2.39. The van der Waals surface area contributed by atoms with E-state index in [4.69, 9.17) is 17.3 Å². The number of rotatable bonds is 2. The van der Waals surface area contributed by atoms with Crippen LogP contribution in [0.25, 0.3) is 0 Å². The van der Waals surface area contributed by atoms with E-state index < -0.39 is 0 Å². The molecule has 88 valence electrons. The van der Waals surface area contributed by atoms with Gasteiger partial charge >= 0.3 is 0 Å². The Morgan fingerprint density at radius 2 is 2.12 bits per heavy atom. The van der Waals surface area contributed by atoms with Gasteiger partial charge in [0.05, 0.1) is 14.5 Å². The molecule has 5 heteroatoms. The minimum Gasteiger partial charge on any atom is -0.398 e. The van der Waals surface area contributed by atoms with Crippen LogP contribution in [0.3, 0.4) is 0 Å². The quantitative estimate of drug-likeness (QED) is 0.659.